The number of aliphatic carboxylic acids is 1. The molecule has 6 heteroatoms. The van der Waals surface area contributed by atoms with Gasteiger partial charge >= 0.3 is 0 Å². The zero-order valence-electron chi connectivity index (χ0n) is 14.7. The Balaban J connectivity index is 1.69. The van der Waals surface area contributed by atoms with Crippen molar-refractivity contribution in [3.8, 4) is 22.6 Å². The normalized spacial score (nSPS) is 11.1. The van der Waals surface area contributed by atoms with Gasteiger partial charge in [-0.2, -0.15) is 0 Å². The molecule has 0 bridgehead atoms. The zero-order chi connectivity index (χ0) is 19.5. The summed E-state index contributed by atoms with van der Waals surface area (Å²) in [6, 6.07) is 17.3. The molecule has 5 nitrogen and oxygen atoms in total. The van der Waals surface area contributed by atoms with Gasteiger partial charge in [-0.1, -0.05) is 36.4 Å². The van der Waals surface area contributed by atoms with Gasteiger partial charge in [0.2, 0.25) is 0 Å². The number of ether oxygens (including phenoxy) is 1. The highest BCUT2D eigenvalue weighted by Gasteiger charge is 2.13. The van der Waals surface area contributed by atoms with Gasteiger partial charge in [0.05, 0.1) is 5.97 Å². The quantitative estimate of drug-likeness (QED) is 0.521. The average molecular weight is 387 g/mol. The molecule has 0 atom stereocenters. The van der Waals surface area contributed by atoms with Crippen LogP contribution in [0.25, 0.3) is 27.3 Å². The SMILES string of the molecule is Nc1ncc(/C=C/C(=O)[O-])c2scc(-c3ccc(Oc4ccccc4)cc3)c12. The molecule has 0 aliphatic rings. The minimum absolute atomic E-state index is 0.404. The monoisotopic (exact) mass is 387 g/mol. The minimum Gasteiger partial charge on any atom is -0.545 e. The van der Waals surface area contributed by atoms with E-state index in [1.165, 1.54) is 17.4 Å². The number of rotatable bonds is 5. The molecule has 4 aromatic rings. The maximum absolute atomic E-state index is 10.7. The second kappa shape index (κ2) is 7.54. The Hall–Kier alpha value is -3.64. The van der Waals surface area contributed by atoms with Crippen LogP contribution in [-0.2, 0) is 4.79 Å². The summed E-state index contributed by atoms with van der Waals surface area (Å²) in [4.78, 5) is 14.9. The van der Waals surface area contributed by atoms with Crippen molar-refractivity contribution in [1.82, 2.24) is 4.98 Å². The van der Waals surface area contributed by atoms with Gasteiger partial charge in [-0.25, -0.2) is 4.98 Å². The van der Waals surface area contributed by atoms with E-state index in [-0.39, 0.29) is 0 Å². The molecule has 0 spiro atoms. The number of carbonyl (C=O) groups is 1. The lowest BCUT2D eigenvalue weighted by Crippen LogP contribution is -2.18. The maximum Gasteiger partial charge on any atom is 0.132 e. The number of carboxylic acid groups (broad SMARTS) is 1. The van der Waals surface area contributed by atoms with Crippen molar-refractivity contribution in [2.45, 2.75) is 0 Å². The third-order valence-electron chi connectivity index (χ3n) is 4.20. The first-order valence-electron chi connectivity index (χ1n) is 8.50. The van der Waals surface area contributed by atoms with Crippen molar-refractivity contribution in [2.75, 3.05) is 5.73 Å². The van der Waals surface area contributed by atoms with Crippen LogP contribution >= 0.6 is 11.3 Å². The average Bonchev–Trinajstić information content (AvgIpc) is 3.15. The molecule has 138 valence electrons. The number of thiophene rings is 1. The Kier molecular flexibility index (Phi) is 4.78. The summed E-state index contributed by atoms with van der Waals surface area (Å²) in [5.41, 5.74) is 8.72. The number of fused-ring (bicyclic) bond motifs is 1. The molecule has 0 unspecified atom stereocenters. The minimum atomic E-state index is -1.25. The van der Waals surface area contributed by atoms with E-state index < -0.39 is 5.97 Å². The summed E-state index contributed by atoms with van der Waals surface area (Å²) >= 11 is 1.49. The lowest BCUT2D eigenvalue weighted by molar-refractivity contribution is -0.297. The number of hydrogen-bond donors (Lipinski definition) is 1. The van der Waals surface area contributed by atoms with Gasteiger partial charge in [-0.05, 0) is 41.3 Å². The predicted molar refractivity (Wildman–Crippen MR) is 110 cm³/mol. The lowest BCUT2D eigenvalue weighted by Gasteiger charge is -2.07. The third-order valence-corrected chi connectivity index (χ3v) is 5.22. The molecule has 4 rings (SSSR count). The van der Waals surface area contributed by atoms with Gasteiger partial charge in [0.1, 0.15) is 17.3 Å². The van der Waals surface area contributed by atoms with Gasteiger partial charge < -0.3 is 20.4 Å². The summed E-state index contributed by atoms with van der Waals surface area (Å²) in [6.07, 6.45) is 4.02. The fourth-order valence-corrected chi connectivity index (χ4v) is 3.98. The van der Waals surface area contributed by atoms with Crippen LogP contribution in [-0.4, -0.2) is 11.0 Å². The number of benzene rings is 2. The molecule has 0 amide bonds. The number of aromatic nitrogens is 1. The zero-order valence-corrected chi connectivity index (χ0v) is 15.5. The first kappa shape index (κ1) is 17.8. The number of pyridine rings is 1. The van der Waals surface area contributed by atoms with Crippen molar-refractivity contribution in [3.05, 3.63) is 77.8 Å². The number of anilines is 1. The highest BCUT2D eigenvalue weighted by molar-refractivity contribution is 7.18. The molecular weight excluding hydrogens is 372 g/mol. The van der Waals surface area contributed by atoms with Gasteiger partial charge in [-0.3, -0.25) is 0 Å². The van der Waals surface area contributed by atoms with Crippen LogP contribution in [0.15, 0.2) is 72.3 Å². The molecule has 0 saturated carbocycles. The second-order valence-electron chi connectivity index (χ2n) is 6.04. The molecule has 2 heterocycles. The highest BCUT2D eigenvalue weighted by atomic mass is 32.1. The summed E-state index contributed by atoms with van der Waals surface area (Å²) in [5, 5.41) is 13.5. The number of nitrogens with two attached hydrogens (primary N) is 1. The Bertz CT molecular complexity index is 1170. The van der Waals surface area contributed by atoms with Crippen LogP contribution in [0.5, 0.6) is 11.5 Å². The van der Waals surface area contributed by atoms with Gasteiger partial charge in [-0.15, -0.1) is 11.3 Å². The largest absolute Gasteiger partial charge is 0.545 e. The Morgan fingerprint density at radius 3 is 2.50 bits per heavy atom. The number of nitrogens with zero attached hydrogens (tertiary/aromatic N) is 1. The molecular formula is C22H15N2O3S-. The molecule has 0 saturated heterocycles. The molecule has 0 fully saturated rings. The van der Waals surface area contributed by atoms with Crippen molar-refractivity contribution in [3.63, 3.8) is 0 Å². The Morgan fingerprint density at radius 1 is 1.07 bits per heavy atom. The topological polar surface area (TPSA) is 88.3 Å². The van der Waals surface area contributed by atoms with E-state index in [0.29, 0.717) is 11.4 Å². The number of carbonyl (C=O) groups excluding carboxylic acids is 1. The molecule has 2 N–H and O–H groups in total. The van der Waals surface area contributed by atoms with E-state index in [0.717, 1.165) is 38.8 Å². The van der Waals surface area contributed by atoms with Gasteiger partial charge in [0, 0.05) is 27.4 Å². The number of carboxylic acids is 1. The van der Waals surface area contributed by atoms with E-state index >= 15 is 0 Å². The summed E-state index contributed by atoms with van der Waals surface area (Å²) in [5.74, 6) is 0.657. The van der Waals surface area contributed by atoms with Crippen molar-refractivity contribution in [2.24, 2.45) is 0 Å². The highest BCUT2D eigenvalue weighted by Crippen LogP contribution is 2.39. The maximum atomic E-state index is 10.7. The smallest absolute Gasteiger partial charge is 0.132 e. The van der Waals surface area contributed by atoms with Crippen LogP contribution in [0.2, 0.25) is 0 Å². The second-order valence-corrected chi connectivity index (χ2v) is 6.92. The third kappa shape index (κ3) is 3.58. The number of para-hydroxylation sites is 1. The van der Waals surface area contributed by atoms with Crippen LogP contribution in [0.1, 0.15) is 5.56 Å². The lowest BCUT2D eigenvalue weighted by atomic mass is 10.0. The van der Waals surface area contributed by atoms with Crippen LogP contribution < -0.4 is 15.6 Å². The van der Waals surface area contributed by atoms with Crippen LogP contribution in [0, 0.1) is 0 Å². The van der Waals surface area contributed by atoms with Crippen molar-refractivity contribution < 1.29 is 14.6 Å². The summed E-state index contributed by atoms with van der Waals surface area (Å²) < 4.78 is 6.71. The van der Waals surface area contributed by atoms with Gasteiger partial charge in [0.15, 0.2) is 0 Å². The van der Waals surface area contributed by atoms with Crippen molar-refractivity contribution >= 4 is 39.3 Å². The fraction of sp³-hybridized carbons (Fsp3) is 0. The van der Waals surface area contributed by atoms with Crippen LogP contribution in [0.4, 0.5) is 5.82 Å². The van der Waals surface area contributed by atoms with Gasteiger partial charge in [0.25, 0.3) is 0 Å². The first-order chi connectivity index (χ1) is 13.6. The fourth-order valence-electron chi connectivity index (χ4n) is 2.90. The molecule has 2 aromatic carbocycles. The molecule has 28 heavy (non-hydrogen) atoms. The van der Waals surface area contributed by atoms with E-state index in [1.54, 1.807) is 6.20 Å². The van der Waals surface area contributed by atoms with Crippen LogP contribution in [0.3, 0.4) is 0 Å². The first-order valence-corrected chi connectivity index (χ1v) is 9.38. The Labute approximate surface area is 165 Å². The molecule has 0 aliphatic heterocycles. The van der Waals surface area contributed by atoms with E-state index in [2.05, 4.69) is 4.98 Å². The predicted octanol–water partition coefficient (Wildman–Crippen LogP) is 4.10. The number of hydrogen-bond acceptors (Lipinski definition) is 6. The molecule has 0 aliphatic carbocycles. The van der Waals surface area contributed by atoms with E-state index in [4.69, 9.17) is 10.5 Å². The van der Waals surface area contributed by atoms with E-state index in [1.807, 2.05) is 60.0 Å². The van der Waals surface area contributed by atoms with E-state index in [9.17, 15) is 9.90 Å². The Morgan fingerprint density at radius 2 is 1.79 bits per heavy atom. The van der Waals surface area contributed by atoms with Crippen molar-refractivity contribution in [1.29, 1.82) is 0 Å². The summed E-state index contributed by atoms with van der Waals surface area (Å²) in [7, 11) is 0. The molecule has 2 aromatic heterocycles. The molecule has 0 radical (unpaired) electrons. The summed E-state index contributed by atoms with van der Waals surface area (Å²) in [6.45, 7) is 0. The standard InChI is InChI=1S/C22H16N2O3S/c23-22-20-18(13-28-21(20)15(12-24-22)8-11-19(25)26)14-6-9-17(10-7-14)27-16-4-2-1-3-5-16/h1-13H,(H2,23,24)(H,25,26)/p-1/b11-8+. The number of nitrogen functional groups attached to an aromatic ring is 1.